The lowest BCUT2D eigenvalue weighted by molar-refractivity contribution is -0.197. The summed E-state index contributed by atoms with van der Waals surface area (Å²) >= 11 is 0. The number of benzene rings is 1. The fourth-order valence-corrected chi connectivity index (χ4v) is 5.79. The third-order valence-electron chi connectivity index (χ3n) is 7.70. The fraction of sp³-hybridized carbons (Fsp3) is 0.571. The fourth-order valence-electron chi connectivity index (χ4n) is 5.79. The highest BCUT2D eigenvalue weighted by molar-refractivity contribution is 5.81. The van der Waals surface area contributed by atoms with E-state index in [1.54, 1.807) is 11.2 Å². The van der Waals surface area contributed by atoms with Crippen molar-refractivity contribution in [1.82, 2.24) is 29.3 Å². The van der Waals surface area contributed by atoms with Gasteiger partial charge in [0.1, 0.15) is 30.2 Å². The van der Waals surface area contributed by atoms with Gasteiger partial charge in [-0.05, 0) is 45.3 Å². The molecule has 1 aromatic carbocycles. The summed E-state index contributed by atoms with van der Waals surface area (Å²) in [6, 6.07) is 9.57. The van der Waals surface area contributed by atoms with Crippen LogP contribution in [0.25, 0.3) is 11.2 Å². The van der Waals surface area contributed by atoms with Crippen molar-refractivity contribution >= 4 is 23.1 Å². The lowest BCUT2D eigenvalue weighted by Crippen LogP contribution is -2.45. The maximum atomic E-state index is 12.3. The molecule has 2 fully saturated rings. The van der Waals surface area contributed by atoms with E-state index in [1.807, 2.05) is 55.8 Å². The van der Waals surface area contributed by atoms with Gasteiger partial charge in [0.05, 0.1) is 6.33 Å². The van der Waals surface area contributed by atoms with Crippen molar-refractivity contribution in [3.63, 3.8) is 0 Å². The molecule has 4 heterocycles. The van der Waals surface area contributed by atoms with Crippen LogP contribution in [0.5, 0.6) is 0 Å². The van der Waals surface area contributed by atoms with Crippen LogP contribution >= 0.6 is 0 Å². The SMILES string of the molecule is CC(C)[C@@H](CCN(C)C[C@H]1O[C@@H](n2cnc3c(N)ncnc32)[C@@H]2OC(C)(C)O[C@@H]21)N(Cc1ccccc1)C(=O)O. The number of likely N-dealkylation sites (N-methyl/N-ethyl adjacent to an activating group) is 1. The van der Waals surface area contributed by atoms with Gasteiger partial charge >= 0.3 is 6.09 Å². The molecule has 3 N–H and O–H groups in total. The van der Waals surface area contributed by atoms with Crippen LogP contribution in [0.4, 0.5) is 10.6 Å². The number of nitrogens with zero attached hydrogens (tertiary/aromatic N) is 6. The van der Waals surface area contributed by atoms with Gasteiger partial charge in [-0.25, -0.2) is 19.7 Å². The molecule has 3 aromatic rings. The molecule has 12 nitrogen and oxygen atoms in total. The normalized spacial score (nSPS) is 24.6. The molecule has 0 aliphatic carbocycles. The number of hydrogen-bond acceptors (Lipinski definition) is 9. The molecule has 2 aliphatic heterocycles. The first-order valence-corrected chi connectivity index (χ1v) is 13.7. The smallest absolute Gasteiger partial charge is 0.407 e. The van der Waals surface area contributed by atoms with Gasteiger partial charge in [0.25, 0.3) is 0 Å². The Labute approximate surface area is 234 Å². The summed E-state index contributed by atoms with van der Waals surface area (Å²) in [6.45, 7) is 9.55. The van der Waals surface area contributed by atoms with Gasteiger partial charge in [0, 0.05) is 19.1 Å². The largest absolute Gasteiger partial charge is 0.465 e. The minimum Gasteiger partial charge on any atom is -0.465 e. The number of anilines is 1. The van der Waals surface area contributed by atoms with Gasteiger partial charge in [-0.15, -0.1) is 0 Å². The van der Waals surface area contributed by atoms with E-state index in [2.05, 4.69) is 33.7 Å². The summed E-state index contributed by atoms with van der Waals surface area (Å²) in [7, 11) is 2.02. The van der Waals surface area contributed by atoms with Crippen LogP contribution < -0.4 is 5.73 Å². The maximum Gasteiger partial charge on any atom is 0.407 e. The Bertz CT molecular complexity index is 1320. The van der Waals surface area contributed by atoms with Crippen LogP contribution in [0.15, 0.2) is 43.0 Å². The molecule has 216 valence electrons. The third kappa shape index (κ3) is 5.75. The van der Waals surface area contributed by atoms with Gasteiger partial charge in [0.15, 0.2) is 23.5 Å². The lowest BCUT2D eigenvalue weighted by atomic mass is 9.98. The van der Waals surface area contributed by atoms with Crippen molar-refractivity contribution in [2.75, 3.05) is 25.9 Å². The molecular formula is C28H39N7O5. The van der Waals surface area contributed by atoms with E-state index in [4.69, 9.17) is 19.9 Å². The second-order valence-corrected chi connectivity index (χ2v) is 11.5. The first-order chi connectivity index (χ1) is 19.0. The summed E-state index contributed by atoms with van der Waals surface area (Å²) < 4.78 is 20.9. The number of aromatic nitrogens is 4. The molecule has 12 heteroatoms. The zero-order valence-electron chi connectivity index (χ0n) is 23.7. The molecule has 2 saturated heterocycles. The van der Waals surface area contributed by atoms with Gasteiger partial charge in [-0.3, -0.25) is 4.57 Å². The van der Waals surface area contributed by atoms with E-state index in [0.29, 0.717) is 43.0 Å². The molecule has 5 rings (SSSR count). The first-order valence-electron chi connectivity index (χ1n) is 13.7. The Morgan fingerprint density at radius 2 is 1.88 bits per heavy atom. The van der Waals surface area contributed by atoms with Crippen molar-refractivity contribution in [3.8, 4) is 0 Å². The highest BCUT2D eigenvalue weighted by atomic mass is 16.8. The number of imidazole rings is 1. The summed E-state index contributed by atoms with van der Waals surface area (Å²) in [5.41, 5.74) is 8.06. The van der Waals surface area contributed by atoms with Crippen molar-refractivity contribution in [3.05, 3.63) is 48.5 Å². The van der Waals surface area contributed by atoms with E-state index in [1.165, 1.54) is 6.33 Å². The van der Waals surface area contributed by atoms with E-state index >= 15 is 0 Å². The topological polar surface area (TPSA) is 141 Å². The summed E-state index contributed by atoms with van der Waals surface area (Å²) in [5, 5.41) is 10.1. The molecule has 0 saturated carbocycles. The van der Waals surface area contributed by atoms with Gasteiger partial charge < -0.3 is 34.9 Å². The number of nitrogen functional groups attached to an aromatic ring is 1. The van der Waals surface area contributed by atoms with Gasteiger partial charge in [-0.2, -0.15) is 0 Å². The highest BCUT2D eigenvalue weighted by Crippen LogP contribution is 2.44. The molecule has 2 aliphatic rings. The molecular weight excluding hydrogens is 514 g/mol. The third-order valence-corrected chi connectivity index (χ3v) is 7.70. The minimum atomic E-state index is -0.911. The molecule has 1 amide bonds. The average molecular weight is 554 g/mol. The number of nitrogens with two attached hydrogens (primary N) is 1. The van der Waals surface area contributed by atoms with Crippen LogP contribution in [0, 0.1) is 5.92 Å². The second-order valence-electron chi connectivity index (χ2n) is 11.5. The number of carbonyl (C=O) groups is 1. The van der Waals surface area contributed by atoms with Crippen LogP contribution in [-0.2, 0) is 20.8 Å². The number of hydrogen-bond donors (Lipinski definition) is 2. The van der Waals surface area contributed by atoms with Crippen molar-refractivity contribution < 1.29 is 24.1 Å². The van der Waals surface area contributed by atoms with Crippen molar-refractivity contribution in [2.45, 2.75) is 77.0 Å². The zero-order valence-corrected chi connectivity index (χ0v) is 23.7. The minimum absolute atomic E-state index is 0.141. The number of ether oxygens (including phenoxy) is 3. The molecule has 5 atom stereocenters. The molecule has 2 aromatic heterocycles. The predicted molar refractivity (Wildman–Crippen MR) is 148 cm³/mol. The van der Waals surface area contributed by atoms with Gasteiger partial charge in [0.2, 0.25) is 0 Å². The average Bonchev–Trinajstić information content (AvgIpc) is 3.56. The Balaban J connectivity index is 1.28. The maximum absolute atomic E-state index is 12.3. The zero-order chi connectivity index (χ0) is 28.6. The number of fused-ring (bicyclic) bond motifs is 2. The molecule has 0 spiro atoms. The van der Waals surface area contributed by atoms with Crippen LogP contribution in [0.2, 0.25) is 0 Å². The Morgan fingerprint density at radius 3 is 2.58 bits per heavy atom. The van der Waals surface area contributed by atoms with Crippen molar-refractivity contribution in [1.29, 1.82) is 0 Å². The molecule has 40 heavy (non-hydrogen) atoms. The second kappa shape index (κ2) is 11.3. The quantitative estimate of drug-likeness (QED) is 0.384. The summed E-state index contributed by atoms with van der Waals surface area (Å²) in [4.78, 5) is 28.8. The van der Waals surface area contributed by atoms with E-state index < -0.39 is 18.1 Å². The number of rotatable bonds is 10. The van der Waals surface area contributed by atoms with Crippen LogP contribution in [0.1, 0.15) is 45.9 Å². The number of carboxylic acid groups (broad SMARTS) is 1. The monoisotopic (exact) mass is 553 g/mol. The van der Waals surface area contributed by atoms with E-state index in [9.17, 15) is 9.90 Å². The highest BCUT2D eigenvalue weighted by Gasteiger charge is 2.56. The lowest BCUT2D eigenvalue weighted by Gasteiger charge is -2.34. The summed E-state index contributed by atoms with van der Waals surface area (Å²) in [6.07, 6.45) is 1.39. The predicted octanol–water partition coefficient (Wildman–Crippen LogP) is 3.35. The summed E-state index contributed by atoms with van der Waals surface area (Å²) in [5.74, 6) is -0.303. The van der Waals surface area contributed by atoms with Crippen LogP contribution in [0.3, 0.4) is 0 Å². The van der Waals surface area contributed by atoms with E-state index in [-0.39, 0.29) is 30.3 Å². The molecule has 0 bridgehead atoms. The van der Waals surface area contributed by atoms with Crippen LogP contribution in [-0.4, -0.2) is 90.8 Å². The Morgan fingerprint density at radius 1 is 1.15 bits per heavy atom. The first kappa shape index (κ1) is 28.2. The van der Waals surface area contributed by atoms with Gasteiger partial charge in [-0.1, -0.05) is 44.2 Å². The Hall–Kier alpha value is -3.32. The van der Waals surface area contributed by atoms with E-state index in [0.717, 1.165) is 5.56 Å². The molecule has 0 radical (unpaired) electrons. The molecule has 0 unspecified atom stereocenters. The number of amides is 1. The van der Waals surface area contributed by atoms with Crippen molar-refractivity contribution in [2.24, 2.45) is 5.92 Å². The Kier molecular flexibility index (Phi) is 7.96. The standard InChI is InChI=1S/C28H39N7O5/c1-17(2)19(34(27(36)37)13-18-9-7-6-8-10-18)11-12-33(5)14-20-22-23(40-28(3,4)39-22)26(38-20)35-16-32-21-24(29)30-15-31-25(21)35/h6-10,15-17,19-20,22-23,26H,11-14H2,1-5H3,(H,36,37)(H2,29,30,31)/t19-,20-,22-,23-,26-/m1/s1.